The molecule has 2 fully saturated rings. The number of amides is 1. The first-order valence-electron chi connectivity index (χ1n) is 10.2. The Morgan fingerprint density at radius 2 is 1.83 bits per heavy atom. The molecule has 2 N–H and O–H groups in total. The maximum Gasteiger partial charge on any atom is 0.407 e. The van der Waals surface area contributed by atoms with Crippen molar-refractivity contribution in [3.8, 4) is 0 Å². The molecule has 2 aliphatic heterocycles. The van der Waals surface area contributed by atoms with Gasteiger partial charge in [0.1, 0.15) is 5.82 Å². The second-order valence-electron chi connectivity index (χ2n) is 8.43. The molecule has 1 amide bonds. The summed E-state index contributed by atoms with van der Waals surface area (Å²) in [7, 11) is 0. The highest BCUT2D eigenvalue weighted by Crippen LogP contribution is 2.39. The molecular formula is C20H22F3N5O2. The number of piperidine rings is 1. The van der Waals surface area contributed by atoms with Crippen LogP contribution in [-0.4, -0.2) is 50.0 Å². The standard InChI is InChI=1S/C20H22F3N5O2/c21-14-6-5-12(15(22)16(14)23)13-2-1-7-28-18(13)25-19(26-28)24-17-10-3-4-11(17)9-27(8-10)20(29)30/h5-6,10-11,13,17H,1-4,7-9H2,(H,24,26)(H,29,30). The van der Waals surface area contributed by atoms with Gasteiger partial charge in [-0.05, 0) is 43.6 Å². The summed E-state index contributed by atoms with van der Waals surface area (Å²) in [5.41, 5.74) is 0.0867. The maximum atomic E-state index is 14.4. The number of halogens is 3. The van der Waals surface area contributed by atoms with Crippen molar-refractivity contribution >= 4 is 12.0 Å². The van der Waals surface area contributed by atoms with E-state index in [1.165, 1.54) is 11.0 Å². The first-order chi connectivity index (χ1) is 14.4. The van der Waals surface area contributed by atoms with E-state index in [2.05, 4.69) is 15.4 Å². The van der Waals surface area contributed by atoms with Crippen LogP contribution in [-0.2, 0) is 6.54 Å². The Kier molecular flexibility index (Phi) is 4.59. The smallest absolute Gasteiger partial charge is 0.407 e. The van der Waals surface area contributed by atoms with E-state index in [9.17, 15) is 23.1 Å². The van der Waals surface area contributed by atoms with Gasteiger partial charge in [0.05, 0.1) is 0 Å². The molecule has 30 heavy (non-hydrogen) atoms. The number of nitrogens with zero attached hydrogens (tertiary/aromatic N) is 4. The lowest BCUT2D eigenvalue weighted by Crippen LogP contribution is -2.49. The van der Waals surface area contributed by atoms with Gasteiger partial charge in [-0.25, -0.2) is 22.6 Å². The molecular weight excluding hydrogens is 399 g/mol. The molecule has 1 aromatic carbocycles. The summed E-state index contributed by atoms with van der Waals surface area (Å²) >= 11 is 0. The highest BCUT2D eigenvalue weighted by Gasteiger charge is 2.44. The fourth-order valence-corrected chi connectivity index (χ4v) is 5.28. The zero-order valence-corrected chi connectivity index (χ0v) is 16.2. The Bertz CT molecular complexity index is 983. The number of likely N-dealkylation sites (tertiary alicyclic amines) is 1. The molecule has 10 heteroatoms. The largest absolute Gasteiger partial charge is 0.465 e. The number of rotatable bonds is 3. The van der Waals surface area contributed by atoms with E-state index in [0.29, 0.717) is 37.8 Å². The maximum absolute atomic E-state index is 14.4. The number of benzene rings is 1. The predicted octanol–water partition coefficient (Wildman–Crippen LogP) is 3.42. The van der Waals surface area contributed by atoms with Gasteiger partial charge in [-0.3, -0.25) is 0 Å². The van der Waals surface area contributed by atoms with Gasteiger partial charge in [-0.2, -0.15) is 4.98 Å². The van der Waals surface area contributed by atoms with Crippen molar-refractivity contribution in [3.63, 3.8) is 0 Å². The fraction of sp³-hybridized carbons (Fsp3) is 0.550. The molecule has 2 bridgehead atoms. The number of hydrogen-bond donors (Lipinski definition) is 2. The van der Waals surface area contributed by atoms with E-state index >= 15 is 0 Å². The van der Waals surface area contributed by atoms with Crippen molar-refractivity contribution < 1.29 is 23.1 Å². The van der Waals surface area contributed by atoms with E-state index in [4.69, 9.17) is 0 Å². The van der Waals surface area contributed by atoms with E-state index in [1.54, 1.807) is 4.68 Å². The van der Waals surface area contributed by atoms with Crippen LogP contribution in [0.15, 0.2) is 12.1 Å². The number of anilines is 1. The number of hydrogen-bond acceptors (Lipinski definition) is 4. The molecule has 3 aliphatic rings. The number of aromatic nitrogens is 3. The van der Waals surface area contributed by atoms with Crippen LogP contribution in [0.5, 0.6) is 0 Å². The minimum absolute atomic E-state index is 0.0866. The number of nitrogens with one attached hydrogen (secondary N) is 1. The van der Waals surface area contributed by atoms with Crippen LogP contribution in [0.1, 0.15) is 43.0 Å². The van der Waals surface area contributed by atoms with Gasteiger partial charge < -0.3 is 15.3 Å². The van der Waals surface area contributed by atoms with Crippen LogP contribution in [0.4, 0.5) is 23.9 Å². The third-order valence-corrected chi connectivity index (χ3v) is 6.72. The van der Waals surface area contributed by atoms with Gasteiger partial charge in [0.2, 0.25) is 5.95 Å². The Labute approximate surface area is 170 Å². The minimum atomic E-state index is -1.47. The highest BCUT2D eigenvalue weighted by atomic mass is 19.2. The summed E-state index contributed by atoms with van der Waals surface area (Å²) in [6.45, 7) is 1.59. The topological polar surface area (TPSA) is 83.3 Å². The molecule has 1 aliphatic carbocycles. The molecule has 160 valence electrons. The van der Waals surface area contributed by atoms with E-state index in [0.717, 1.165) is 25.3 Å². The average Bonchev–Trinajstić information content (AvgIpc) is 3.22. The third-order valence-electron chi connectivity index (χ3n) is 6.72. The molecule has 1 saturated carbocycles. The fourth-order valence-electron chi connectivity index (χ4n) is 5.28. The lowest BCUT2D eigenvalue weighted by molar-refractivity contribution is 0.112. The van der Waals surface area contributed by atoms with Crippen molar-refractivity contribution in [1.82, 2.24) is 19.7 Å². The van der Waals surface area contributed by atoms with Crippen molar-refractivity contribution in [2.24, 2.45) is 11.8 Å². The molecule has 0 spiro atoms. The van der Waals surface area contributed by atoms with Crippen LogP contribution in [0.25, 0.3) is 0 Å². The van der Waals surface area contributed by atoms with Crippen molar-refractivity contribution in [2.45, 2.75) is 44.2 Å². The van der Waals surface area contributed by atoms with Crippen LogP contribution in [0.3, 0.4) is 0 Å². The van der Waals surface area contributed by atoms with E-state index in [1.807, 2.05) is 0 Å². The zero-order valence-electron chi connectivity index (χ0n) is 16.2. The Morgan fingerprint density at radius 1 is 1.10 bits per heavy atom. The number of carboxylic acid groups (broad SMARTS) is 1. The Morgan fingerprint density at radius 3 is 2.53 bits per heavy atom. The van der Waals surface area contributed by atoms with Gasteiger partial charge in [-0.1, -0.05) is 6.07 Å². The quantitative estimate of drug-likeness (QED) is 0.742. The van der Waals surface area contributed by atoms with Crippen LogP contribution in [0, 0.1) is 29.3 Å². The SMILES string of the molecule is O=C(O)N1CC2CCC(C1)C2Nc1nc2n(n1)CCCC2c1ccc(F)c(F)c1F. The molecule has 5 rings (SSSR count). The first-order valence-corrected chi connectivity index (χ1v) is 10.2. The second kappa shape index (κ2) is 7.17. The molecule has 1 aromatic heterocycles. The third kappa shape index (κ3) is 3.09. The van der Waals surface area contributed by atoms with Gasteiger partial charge in [0.15, 0.2) is 17.5 Å². The highest BCUT2D eigenvalue weighted by molar-refractivity contribution is 5.65. The number of aryl methyl sites for hydroxylation is 1. The lowest BCUT2D eigenvalue weighted by Gasteiger charge is -2.36. The Hall–Kier alpha value is -2.78. The zero-order chi connectivity index (χ0) is 21.0. The van der Waals surface area contributed by atoms with E-state index in [-0.39, 0.29) is 23.4 Å². The van der Waals surface area contributed by atoms with Crippen LogP contribution >= 0.6 is 0 Å². The molecule has 1 saturated heterocycles. The molecule has 3 heterocycles. The summed E-state index contributed by atoms with van der Waals surface area (Å²) in [5, 5.41) is 17.2. The monoisotopic (exact) mass is 421 g/mol. The van der Waals surface area contributed by atoms with Gasteiger partial charge >= 0.3 is 6.09 Å². The van der Waals surface area contributed by atoms with Crippen molar-refractivity contribution in [1.29, 1.82) is 0 Å². The molecule has 2 aromatic rings. The summed E-state index contributed by atoms with van der Waals surface area (Å²) in [4.78, 5) is 17.4. The molecule has 3 unspecified atom stereocenters. The summed E-state index contributed by atoms with van der Waals surface area (Å²) in [5.74, 6) is -3.01. The van der Waals surface area contributed by atoms with E-state index < -0.39 is 29.5 Å². The van der Waals surface area contributed by atoms with Gasteiger partial charge in [0, 0.05) is 37.2 Å². The van der Waals surface area contributed by atoms with Crippen molar-refractivity contribution in [3.05, 3.63) is 41.0 Å². The molecule has 0 radical (unpaired) electrons. The summed E-state index contributed by atoms with van der Waals surface area (Å²) in [6, 6.07) is 2.30. The molecule has 7 nitrogen and oxygen atoms in total. The summed E-state index contributed by atoms with van der Waals surface area (Å²) < 4.78 is 43.2. The van der Waals surface area contributed by atoms with Crippen LogP contribution in [0.2, 0.25) is 0 Å². The van der Waals surface area contributed by atoms with Crippen LogP contribution < -0.4 is 5.32 Å². The number of carbonyl (C=O) groups is 1. The van der Waals surface area contributed by atoms with Crippen molar-refractivity contribution in [2.75, 3.05) is 18.4 Å². The Balaban J connectivity index is 1.39. The molecule has 3 atom stereocenters. The van der Waals surface area contributed by atoms with Gasteiger partial charge in [-0.15, -0.1) is 5.10 Å². The average molecular weight is 421 g/mol. The minimum Gasteiger partial charge on any atom is -0.465 e. The normalized spacial score (nSPS) is 27.8. The summed E-state index contributed by atoms with van der Waals surface area (Å²) in [6.07, 6.45) is 2.30. The number of fused-ring (bicyclic) bond motifs is 3. The van der Waals surface area contributed by atoms with Gasteiger partial charge in [0.25, 0.3) is 0 Å². The lowest BCUT2D eigenvalue weighted by atomic mass is 9.90. The predicted molar refractivity (Wildman–Crippen MR) is 101 cm³/mol. The first kappa shape index (κ1) is 19.2. The second-order valence-corrected chi connectivity index (χ2v) is 8.43.